The highest BCUT2D eigenvalue weighted by Gasteiger charge is 1.97. The SMILES string of the molecule is O=c1[nH]cccc1CCCCCCO. The number of nitrogens with one attached hydrogen (secondary N) is 1. The molecule has 14 heavy (non-hydrogen) atoms. The van der Waals surface area contributed by atoms with E-state index in [1.54, 1.807) is 6.20 Å². The van der Waals surface area contributed by atoms with Crippen LogP contribution in [-0.2, 0) is 6.42 Å². The summed E-state index contributed by atoms with van der Waals surface area (Å²) in [5.41, 5.74) is 0.881. The third kappa shape index (κ3) is 3.75. The van der Waals surface area contributed by atoms with E-state index < -0.39 is 0 Å². The van der Waals surface area contributed by atoms with Gasteiger partial charge in [-0.05, 0) is 25.3 Å². The van der Waals surface area contributed by atoms with Crippen LogP contribution in [0.4, 0.5) is 0 Å². The molecule has 0 atom stereocenters. The Morgan fingerprint density at radius 1 is 1.21 bits per heavy atom. The fraction of sp³-hybridized carbons (Fsp3) is 0.545. The molecule has 0 bridgehead atoms. The molecule has 1 aromatic heterocycles. The van der Waals surface area contributed by atoms with Crippen molar-refractivity contribution in [3.8, 4) is 0 Å². The summed E-state index contributed by atoms with van der Waals surface area (Å²) < 4.78 is 0. The summed E-state index contributed by atoms with van der Waals surface area (Å²) in [4.78, 5) is 13.9. The Labute approximate surface area is 83.8 Å². The van der Waals surface area contributed by atoms with Crippen LogP contribution in [-0.4, -0.2) is 16.7 Å². The minimum atomic E-state index is 0.0228. The van der Waals surface area contributed by atoms with E-state index in [4.69, 9.17) is 5.11 Å². The van der Waals surface area contributed by atoms with Gasteiger partial charge in [-0.1, -0.05) is 18.9 Å². The van der Waals surface area contributed by atoms with Crippen molar-refractivity contribution in [3.63, 3.8) is 0 Å². The van der Waals surface area contributed by atoms with Crippen LogP contribution in [0.2, 0.25) is 0 Å². The Morgan fingerprint density at radius 2 is 2.00 bits per heavy atom. The van der Waals surface area contributed by atoms with Gasteiger partial charge in [0.1, 0.15) is 0 Å². The van der Waals surface area contributed by atoms with Gasteiger partial charge in [0.25, 0.3) is 5.56 Å². The molecule has 0 aliphatic heterocycles. The van der Waals surface area contributed by atoms with Crippen LogP contribution in [0.1, 0.15) is 31.2 Å². The summed E-state index contributed by atoms with van der Waals surface area (Å²) >= 11 is 0. The smallest absolute Gasteiger partial charge is 0.251 e. The van der Waals surface area contributed by atoms with Gasteiger partial charge in [0, 0.05) is 18.4 Å². The highest BCUT2D eigenvalue weighted by atomic mass is 16.2. The van der Waals surface area contributed by atoms with Gasteiger partial charge in [-0.15, -0.1) is 0 Å². The number of pyridine rings is 1. The van der Waals surface area contributed by atoms with Crippen LogP contribution in [0.15, 0.2) is 23.1 Å². The highest BCUT2D eigenvalue weighted by Crippen LogP contribution is 2.03. The Balaban J connectivity index is 2.25. The molecule has 3 heteroatoms. The molecule has 78 valence electrons. The van der Waals surface area contributed by atoms with E-state index >= 15 is 0 Å². The van der Waals surface area contributed by atoms with E-state index in [2.05, 4.69) is 4.98 Å². The second kappa shape index (κ2) is 6.38. The standard InChI is InChI=1S/C11H17NO2/c13-9-4-2-1-3-6-10-7-5-8-12-11(10)14/h5,7-8,13H,1-4,6,9H2,(H,12,14). The van der Waals surface area contributed by atoms with E-state index in [9.17, 15) is 4.79 Å². The van der Waals surface area contributed by atoms with Gasteiger partial charge in [0.15, 0.2) is 0 Å². The molecule has 0 radical (unpaired) electrons. The van der Waals surface area contributed by atoms with Crippen molar-refractivity contribution in [2.45, 2.75) is 32.1 Å². The van der Waals surface area contributed by atoms with Crippen molar-refractivity contribution in [2.24, 2.45) is 0 Å². The zero-order valence-corrected chi connectivity index (χ0v) is 8.33. The maximum atomic E-state index is 11.2. The number of aryl methyl sites for hydroxylation is 1. The van der Waals surface area contributed by atoms with Crippen molar-refractivity contribution >= 4 is 0 Å². The van der Waals surface area contributed by atoms with Crippen molar-refractivity contribution in [1.29, 1.82) is 0 Å². The minimum absolute atomic E-state index is 0.0228. The molecular weight excluding hydrogens is 178 g/mol. The summed E-state index contributed by atoms with van der Waals surface area (Å²) in [6, 6.07) is 3.72. The van der Waals surface area contributed by atoms with E-state index in [0.717, 1.165) is 37.7 Å². The molecule has 3 nitrogen and oxygen atoms in total. The third-order valence-corrected chi connectivity index (χ3v) is 2.25. The maximum absolute atomic E-state index is 11.2. The lowest BCUT2D eigenvalue weighted by atomic mass is 10.1. The van der Waals surface area contributed by atoms with Gasteiger partial charge in [0.2, 0.25) is 0 Å². The fourth-order valence-corrected chi connectivity index (χ4v) is 1.43. The van der Waals surface area contributed by atoms with Gasteiger partial charge in [-0.25, -0.2) is 0 Å². The predicted octanol–water partition coefficient (Wildman–Crippen LogP) is 1.47. The molecule has 0 aromatic carbocycles. The van der Waals surface area contributed by atoms with Gasteiger partial charge in [-0.2, -0.15) is 0 Å². The lowest BCUT2D eigenvalue weighted by Gasteiger charge is -1.99. The van der Waals surface area contributed by atoms with Crippen LogP contribution >= 0.6 is 0 Å². The first-order valence-electron chi connectivity index (χ1n) is 5.12. The molecule has 0 amide bonds. The first kappa shape index (κ1) is 11.0. The number of aromatic nitrogens is 1. The van der Waals surface area contributed by atoms with Crippen LogP contribution in [0.3, 0.4) is 0 Å². The third-order valence-electron chi connectivity index (χ3n) is 2.25. The molecule has 2 N–H and O–H groups in total. The van der Waals surface area contributed by atoms with E-state index in [-0.39, 0.29) is 12.2 Å². The van der Waals surface area contributed by atoms with Crippen LogP contribution in [0.5, 0.6) is 0 Å². The summed E-state index contributed by atoms with van der Waals surface area (Å²) in [7, 11) is 0. The largest absolute Gasteiger partial charge is 0.396 e. The molecule has 1 heterocycles. The van der Waals surface area contributed by atoms with Crippen molar-refractivity contribution in [3.05, 3.63) is 34.2 Å². The topological polar surface area (TPSA) is 53.1 Å². The molecule has 1 aromatic rings. The monoisotopic (exact) mass is 195 g/mol. The van der Waals surface area contributed by atoms with Crippen molar-refractivity contribution in [1.82, 2.24) is 4.98 Å². The number of hydrogen-bond acceptors (Lipinski definition) is 2. The Morgan fingerprint density at radius 3 is 2.71 bits per heavy atom. The minimum Gasteiger partial charge on any atom is -0.396 e. The number of unbranched alkanes of at least 4 members (excludes halogenated alkanes) is 3. The first-order valence-corrected chi connectivity index (χ1v) is 5.12. The summed E-state index contributed by atoms with van der Waals surface area (Å²) in [6.07, 6.45) is 6.49. The van der Waals surface area contributed by atoms with Crippen LogP contribution in [0, 0.1) is 0 Å². The number of aliphatic hydroxyl groups excluding tert-OH is 1. The molecule has 0 unspecified atom stereocenters. The summed E-state index contributed by atoms with van der Waals surface area (Å²) in [6.45, 7) is 0.270. The quantitative estimate of drug-likeness (QED) is 0.675. The number of H-pyrrole nitrogens is 1. The molecule has 0 saturated heterocycles. The van der Waals surface area contributed by atoms with Gasteiger partial charge in [-0.3, -0.25) is 4.79 Å². The molecule has 0 saturated carbocycles. The molecular formula is C11H17NO2. The van der Waals surface area contributed by atoms with Crippen LogP contribution < -0.4 is 5.56 Å². The highest BCUT2D eigenvalue weighted by molar-refractivity contribution is 5.08. The summed E-state index contributed by atoms with van der Waals surface area (Å²) in [5, 5.41) is 8.57. The first-order chi connectivity index (χ1) is 6.84. The zero-order valence-electron chi connectivity index (χ0n) is 8.33. The average Bonchev–Trinajstić information content (AvgIpc) is 2.20. The number of aromatic amines is 1. The van der Waals surface area contributed by atoms with E-state index in [1.807, 2.05) is 12.1 Å². The Hall–Kier alpha value is -1.09. The maximum Gasteiger partial charge on any atom is 0.251 e. The molecule has 0 spiro atoms. The predicted molar refractivity (Wildman–Crippen MR) is 56.3 cm³/mol. The number of aliphatic hydroxyl groups is 1. The molecule has 0 aliphatic carbocycles. The summed E-state index contributed by atoms with van der Waals surface area (Å²) in [5.74, 6) is 0. The van der Waals surface area contributed by atoms with Crippen molar-refractivity contribution < 1.29 is 5.11 Å². The average molecular weight is 195 g/mol. The van der Waals surface area contributed by atoms with Gasteiger partial charge >= 0.3 is 0 Å². The Bertz CT molecular complexity index is 306. The van der Waals surface area contributed by atoms with Gasteiger partial charge < -0.3 is 10.1 Å². The Kier molecular flexibility index (Phi) is 5.00. The number of rotatable bonds is 6. The zero-order chi connectivity index (χ0) is 10.2. The fourth-order valence-electron chi connectivity index (χ4n) is 1.43. The van der Waals surface area contributed by atoms with Crippen LogP contribution in [0.25, 0.3) is 0 Å². The van der Waals surface area contributed by atoms with E-state index in [0.29, 0.717) is 0 Å². The second-order valence-corrected chi connectivity index (χ2v) is 3.41. The number of hydrogen-bond donors (Lipinski definition) is 2. The molecule has 0 aliphatic rings. The van der Waals surface area contributed by atoms with E-state index in [1.165, 1.54) is 0 Å². The molecule has 0 fully saturated rings. The lowest BCUT2D eigenvalue weighted by Crippen LogP contribution is -2.10. The van der Waals surface area contributed by atoms with Crippen molar-refractivity contribution in [2.75, 3.05) is 6.61 Å². The second-order valence-electron chi connectivity index (χ2n) is 3.41. The normalized spacial score (nSPS) is 10.4. The lowest BCUT2D eigenvalue weighted by molar-refractivity contribution is 0.282. The van der Waals surface area contributed by atoms with Gasteiger partial charge in [0.05, 0.1) is 0 Å². The molecule has 1 rings (SSSR count).